The number of nitrogens with one attached hydrogen (secondary N) is 1. The van der Waals surface area contributed by atoms with Gasteiger partial charge in [-0.15, -0.1) is 23.5 Å². The molecule has 0 unspecified atom stereocenters. The molecule has 2 aromatic heterocycles. The molecule has 178 valence electrons. The molecule has 1 N–H and O–H groups in total. The Morgan fingerprint density at radius 2 is 1.88 bits per heavy atom. The summed E-state index contributed by atoms with van der Waals surface area (Å²) in [5.41, 5.74) is 0.712. The number of carbonyl (C=O) groups excluding carboxylic acids is 1. The zero-order valence-electron chi connectivity index (χ0n) is 18.4. The highest BCUT2D eigenvalue weighted by Crippen LogP contribution is 2.37. The van der Waals surface area contributed by atoms with Gasteiger partial charge in [0.05, 0.1) is 5.69 Å². The summed E-state index contributed by atoms with van der Waals surface area (Å²) in [5.74, 6) is 2.07. The second-order valence-electron chi connectivity index (χ2n) is 6.94. The molecule has 0 aliphatic heterocycles. The predicted molar refractivity (Wildman–Crippen MR) is 129 cm³/mol. The summed E-state index contributed by atoms with van der Waals surface area (Å²) in [4.78, 5) is 22.3. The van der Waals surface area contributed by atoms with Crippen molar-refractivity contribution in [2.45, 2.75) is 54.9 Å². The number of oxazole rings is 1. The van der Waals surface area contributed by atoms with E-state index in [0.717, 1.165) is 38.9 Å². The Balaban J connectivity index is 1.60. The first-order valence-corrected chi connectivity index (χ1v) is 13.3. The van der Waals surface area contributed by atoms with E-state index in [9.17, 15) is 18.0 Å². The second kappa shape index (κ2) is 11.5. The van der Waals surface area contributed by atoms with Crippen LogP contribution in [0.15, 0.2) is 43.8 Å². The second-order valence-corrected chi connectivity index (χ2v) is 10.5. The van der Waals surface area contributed by atoms with Crippen LogP contribution in [0, 0.1) is 6.92 Å². The third-order valence-corrected chi connectivity index (χ3v) is 7.09. The zero-order valence-corrected chi connectivity index (χ0v) is 20.9. The van der Waals surface area contributed by atoms with Gasteiger partial charge < -0.3 is 9.73 Å². The summed E-state index contributed by atoms with van der Waals surface area (Å²) in [6.45, 7) is 6.03. The van der Waals surface area contributed by atoms with Gasteiger partial charge in [0, 0.05) is 22.8 Å². The average Bonchev–Trinajstić information content (AvgIpc) is 3.16. The maximum absolute atomic E-state index is 13.1. The summed E-state index contributed by atoms with van der Waals surface area (Å²) in [6.07, 6.45) is -3.72. The van der Waals surface area contributed by atoms with Crippen LogP contribution < -0.4 is 5.32 Å². The molecule has 3 aromatic rings. The van der Waals surface area contributed by atoms with E-state index in [1.165, 1.54) is 23.9 Å². The lowest BCUT2D eigenvalue weighted by atomic mass is 10.2. The van der Waals surface area contributed by atoms with E-state index in [-0.39, 0.29) is 28.7 Å². The molecule has 0 radical (unpaired) electrons. The van der Waals surface area contributed by atoms with E-state index in [0.29, 0.717) is 12.2 Å². The number of aryl methyl sites for hydroxylation is 1. The number of amides is 1. The molecule has 0 aliphatic rings. The van der Waals surface area contributed by atoms with Gasteiger partial charge in [-0.3, -0.25) is 4.79 Å². The Bertz CT molecular complexity index is 1090. The summed E-state index contributed by atoms with van der Waals surface area (Å²) in [7, 11) is 0. The normalized spacial score (nSPS) is 11.8. The highest BCUT2D eigenvalue weighted by Gasteiger charge is 2.34. The first kappa shape index (κ1) is 25.8. The molecule has 0 spiro atoms. The van der Waals surface area contributed by atoms with E-state index in [2.05, 4.69) is 22.2 Å². The topological polar surface area (TPSA) is 68.0 Å². The Morgan fingerprint density at radius 1 is 1.12 bits per heavy atom. The molecule has 1 amide bonds. The Hall–Kier alpha value is -1.85. The number of benzene rings is 1. The van der Waals surface area contributed by atoms with Gasteiger partial charge in [0.2, 0.25) is 5.91 Å². The summed E-state index contributed by atoms with van der Waals surface area (Å²) >= 11 is 4.43. The number of para-hydroxylation sites is 1. The standard InChI is InChI=1S/C22H24F3N3O2S3/c1-4-31-16-12-13(3)26-20(32-5-2)18(16)28-17(29)10-7-11-33-21-27-15-9-6-8-14(19(15)30-21)22(23,24)25/h6,8-9,12H,4-5,7,10-11H2,1-3H3,(H,28,29). The van der Waals surface area contributed by atoms with Gasteiger partial charge in [0.15, 0.2) is 5.58 Å². The minimum atomic E-state index is -4.51. The average molecular weight is 516 g/mol. The van der Waals surface area contributed by atoms with Crippen molar-refractivity contribution in [3.05, 3.63) is 35.5 Å². The number of hydrogen-bond donors (Lipinski definition) is 1. The fourth-order valence-electron chi connectivity index (χ4n) is 3.05. The van der Waals surface area contributed by atoms with Crippen LogP contribution in [-0.2, 0) is 11.0 Å². The van der Waals surface area contributed by atoms with Crippen molar-refractivity contribution in [1.29, 1.82) is 0 Å². The number of carbonyl (C=O) groups is 1. The first-order chi connectivity index (χ1) is 15.7. The predicted octanol–water partition coefficient (Wildman–Crippen LogP) is 7.29. The number of anilines is 1. The van der Waals surface area contributed by atoms with Crippen molar-refractivity contribution < 1.29 is 22.4 Å². The Labute approximate surface area is 203 Å². The van der Waals surface area contributed by atoms with Crippen LogP contribution >= 0.6 is 35.3 Å². The number of halogens is 3. The SMILES string of the molecule is CCSc1cc(C)nc(SCC)c1NC(=O)CCCSc1nc2cccc(C(F)(F)F)c2o1. The largest absolute Gasteiger partial charge is 0.431 e. The molecule has 5 nitrogen and oxygen atoms in total. The van der Waals surface area contributed by atoms with Crippen LogP contribution in [0.3, 0.4) is 0 Å². The Morgan fingerprint density at radius 3 is 2.58 bits per heavy atom. The van der Waals surface area contributed by atoms with Crippen molar-refractivity contribution in [1.82, 2.24) is 9.97 Å². The van der Waals surface area contributed by atoms with Crippen molar-refractivity contribution in [2.24, 2.45) is 0 Å². The fourth-order valence-corrected chi connectivity index (χ4v) is 5.53. The molecule has 33 heavy (non-hydrogen) atoms. The fraction of sp³-hybridized carbons (Fsp3) is 0.409. The highest BCUT2D eigenvalue weighted by molar-refractivity contribution is 8.00. The summed E-state index contributed by atoms with van der Waals surface area (Å²) in [5, 5.41) is 3.97. The van der Waals surface area contributed by atoms with Gasteiger partial charge in [0.1, 0.15) is 16.1 Å². The van der Waals surface area contributed by atoms with Gasteiger partial charge in [-0.05, 0) is 43.0 Å². The van der Waals surface area contributed by atoms with Crippen LogP contribution in [0.1, 0.15) is 37.9 Å². The van der Waals surface area contributed by atoms with Crippen molar-refractivity contribution in [2.75, 3.05) is 22.6 Å². The number of aromatic nitrogens is 2. The van der Waals surface area contributed by atoms with Gasteiger partial charge in [-0.2, -0.15) is 13.2 Å². The van der Waals surface area contributed by atoms with E-state index in [1.807, 2.05) is 19.9 Å². The number of nitrogens with zero attached hydrogens (tertiary/aromatic N) is 2. The molecule has 0 saturated carbocycles. The maximum Gasteiger partial charge on any atom is 0.420 e. The van der Waals surface area contributed by atoms with Gasteiger partial charge >= 0.3 is 6.18 Å². The smallest absolute Gasteiger partial charge is 0.420 e. The van der Waals surface area contributed by atoms with Crippen molar-refractivity contribution in [3.63, 3.8) is 0 Å². The van der Waals surface area contributed by atoms with Crippen molar-refractivity contribution >= 4 is 58.0 Å². The van der Waals surface area contributed by atoms with E-state index in [4.69, 9.17) is 4.42 Å². The lowest BCUT2D eigenvalue weighted by Gasteiger charge is -2.15. The molecular formula is C22H24F3N3O2S3. The number of thioether (sulfide) groups is 3. The van der Waals surface area contributed by atoms with Crippen LogP contribution in [-0.4, -0.2) is 33.1 Å². The molecule has 0 saturated heterocycles. The van der Waals surface area contributed by atoms with Crippen LogP contribution in [0.5, 0.6) is 0 Å². The number of fused-ring (bicyclic) bond motifs is 1. The van der Waals surface area contributed by atoms with Crippen LogP contribution in [0.4, 0.5) is 18.9 Å². The van der Waals surface area contributed by atoms with Crippen LogP contribution in [0.25, 0.3) is 11.1 Å². The number of rotatable bonds is 10. The monoisotopic (exact) mass is 515 g/mol. The summed E-state index contributed by atoms with van der Waals surface area (Å²) in [6, 6.07) is 5.74. The molecule has 0 fully saturated rings. The van der Waals surface area contributed by atoms with Gasteiger partial charge in [-0.25, -0.2) is 9.97 Å². The molecule has 11 heteroatoms. The molecule has 2 heterocycles. The molecular weight excluding hydrogens is 491 g/mol. The maximum atomic E-state index is 13.1. The highest BCUT2D eigenvalue weighted by atomic mass is 32.2. The Kier molecular flexibility index (Phi) is 9.00. The third-order valence-electron chi connectivity index (χ3n) is 4.40. The summed E-state index contributed by atoms with van der Waals surface area (Å²) < 4.78 is 44.7. The molecule has 0 bridgehead atoms. The third kappa shape index (κ3) is 6.83. The number of hydrogen-bond acceptors (Lipinski definition) is 7. The van der Waals surface area contributed by atoms with Gasteiger partial charge in [0.25, 0.3) is 5.22 Å². The van der Waals surface area contributed by atoms with Gasteiger partial charge in [-0.1, -0.05) is 31.7 Å². The lowest BCUT2D eigenvalue weighted by molar-refractivity contribution is -0.136. The zero-order chi connectivity index (χ0) is 24.0. The minimum absolute atomic E-state index is 0.130. The van der Waals surface area contributed by atoms with Crippen LogP contribution in [0.2, 0.25) is 0 Å². The molecule has 0 aliphatic carbocycles. The molecule has 1 aromatic carbocycles. The first-order valence-electron chi connectivity index (χ1n) is 10.4. The van der Waals surface area contributed by atoms with Crippen molar-refractivity contribution in [3.8, 4) is 0 Å². The quantitative estimate of drug-likeness (QED) is 0.225. The number of alkyl halides is 3. The molecule has 0 atom stereocenters. The number of pyridine rings is 1. The molecule has 3 rings (SSSR count). The lowest BCUT2D eigenvalue weighted by Crippen LogP contribution is -2.14. The minimum Gasteiger partial charge on any atom is -0.431 e. The van der Waals surface area contributed by atoms with E-state index in [1.54, 1.807) is 23.5 Å². The van der Waals surface area contributed by atoms with E-state index >= 15 is 0 Å². The van der Waals surface area contributed by atoms with E-state index < -0.39 is 11.7 Å².